The van der Waals surface area contributed by atoms with Crippen molar-refractivity contribution in [3.05, 3.63) is 0 Å². The highest BCUT2D eigenvalue weighted by Gasteiger charge is 2.15. The molecule has 4 N–H and O–H groups in total. The van der Waals surface area contributed by atoms with Crippen molar-refractivity contribution >= 4 is 5.97 Å². The van der Waals surface area contributed by atoms with Gasteiger partial charge in [-0.2, -0.15) is 0 Å². The number of hydrogen-bond donors (Lipinski definition) is 3. The molecule has 0 aliphatic rings. The number of carboxylic acid groups (broad SMARTS) is 1. The van der Waals surface area contributed by atoms with Crippen LogP contribution >= 0.6 is 0 Å². The molecule has 11 heavy (non-hydrogen) atoms. The van der Waals surface area contributed by atoms with Gasteiger partial charge in [-0.1, -0.05) is 13.8 Å². The second-order valence-corrected chi connectivity index (χ2v) is 2.79. The van der Waals surface area contributed by atoms with E-state index in [9.17, 15) is 4.79 Å². The smallest absolute Gasteiger partial charge is 0.320 e. The molecule has 0 aliphatic heterocycles. The van der Waals surface area contributed by atoms with Crippen LogP contribution in [0.25, 0.3) is 0 Å². The van der Waals surface area contributed by atoms with Crippen molar-refractivity contribution in [2.75, 3.05) is 6.54 Å². The number of carbonyl (C=O) groups is 1. The van der Waals surface area contributed by atoms with Gasteiger partial charge in [-0.3, -0.25) is 4.79 Å². The van der Waals surface area contributed by atoms with Crippen LogP contribution in [0.5, 0.6) is 0 Å². The average molecular weight is 160 g/mol. The van der Waals surface area contributed by atoms with E-state index >= 15 is 0 Å². The molecule has 0 heterocycles. The molecule has 0 saturated heterocycles. The molecule has 4 heteroatoms. The van der Waals surface area contributed by atoms with Crippen molar-refractivity contribution in [2.45, 2.75) is 32.4 Å². The largest absolute Gasteiger partial charge is 0.480 e. The molecule has 4 nitrogen and oxygen atoms in total. The second-order valence-electron chi connectivity index (χ2n) is 2.79. The number of aliphatic carboxylic acids is 1. The van der Waals surface area contributed by atoms with Crippen LogP contribution in [0, 0.1) is 0 Å². The summed E-state index contributed by atoms with van der Waals surface area (Å²) in [5, 5.41) is 11.5. The monoisotopic (exact) mass is 160 g/mol. The van der Waals surface area contributed by atoms with Crippen molar-refractivity contribution in [3.8, 4) is 0 Å². The minimum atomic E-state index is -0.829. The van der Waals surface area contributed by atoms with Crippen molar-refractivity contribution in [3.63, 3.8) is 0 Å². The molecule has 0 radical (unpaired) electrons. The second kappa shape index (κ2) is 5.09. The summed E-state index contributed by atoms with van der Waals surface area (Å²) in [4.78, 5) is 10.5. The van der Waals surface area contributed by atoms with Gasteiger partial charge in [0.1, 0.15) is 6.04 Å². The van der Waals surface area contributed by atoms with Gasteiger partial charge in [-0.15, -0.1) is 0 Å². The van der Waals surface area contributed by atoms with E-state index in [0.29, 0.717) is 13.0 Å². The Balaban J connectivity index is 3.79. The zero-order valence-corrected chi connectivity index (χ0v) is 7.00. The minimum absolute atomic E-state index is 0.183. The standard InChI is InChI=1S/C7H16N2O2/c1-5(2)9-6(3-4-8)7(10)11/h5-6,9H,3-4,8H2,1-2H3,(H,10,11)/t6-/m0/s1. The van der Waals surface area contributed by atoms with Crippen LogP contribution in [-0.2, 0) is 4.79 Å². The maximum Gasteiger partial charge on any atom is 0.320 e. The summed E-state index contributed by atoms with van der Waals surface area (Å²) in [7, 11) is 0. The third-order valence-corrected chi connectivity index (χ3v) is 1.29. The number of nitrogens with two attached hydrogens (primary N) is 1. The van der Waals surface area contributed by atoms with Crippen molar-refractivity contribution in [1.29, 1.82) is 0 Å². The van der Waals surface area contributed by atoms with Crippen LogP contribution in [0.3, 0.4) is 0 Å². The molecule has 0 spiro atoms. The van der Waals surface area contributed by atoms with Gasteiger partial charge in [-0.05, 0) is 13.0 Å². The maximum atomic E-state index is 10.5. The Morgan fingerprint density at radius 1 is 1.64 bits per heavy atom. The van der Waals surface area contributed by atoms with Crippen LogP contribution in [-0.4, -0.2) is 29.7 Å². The molecule has 0 aromatic heterocycles. The summed E-state index contributed by atoms with van der Waals surface area (Å²) in [6.45, 7) is 4.22. The Morgan fingerprint density at radius 3 is 2.45 bits per heavy atom. The first kappa shape index (κ1) is 10.4. The first-order valence-electron chi connectivity index (χ1n) is 3.76. The molecule has 0 aromatic carbocycles. The zero-order chi connectivity index (χ0) is 8.85. The molecular weight excluding hydrogens is 144 g/mol. The van der Waals surface area contributed by atoms with Gasteiger partial charge >= 0.3 is 5.97 Å². The third kappa shape index (κ3) is 4.75. The first-order chi connectivity index (χ1) is 5.07. The normalized spacial score (nSPS) is 13.5. The number of nitrogens with one attached hydrogen (secondary N) is 1. The summed E-state index contributed by atoms with van der Waals surface area (Å²) in [6.07, 6.45) is 0.480. The molecule has 0 bridgehead atoms. The molecule has 1 atom stereocenters. The molecule has 0 amide bonds. The van der Waals surface area contributed by atoms with Gasteiger partial charge in [0.15, 0.2) is 0 Å². The van der Waals surface area contributed by atoms with Crippen LogP contribution in [0.15, 0.2) is 0 Å². The zero-order valence-electron chi connectivity index (χ0n) is 7.00. The highest BCUT2D eigenvalue weighted by molar-refractivity contribution is 5.73. The van der Waals surface area contributed by atoms with E-state index < -0.39 is 12.0 Å². The molecule has 0 aromatic rings. The molecule has 0 rings (SSSR count). The lowest BCUT2D eigenvalue weighted by Crippen LogP contribution is -2.42. The predicted octanol–water partition coefficient (Wildman–Crippen LogP) is -0.214. The van der Waals surface area contributed by atoms with E-state index in [-0.39, 0.29) is 6.04 Å². The molecule has 66 valence electrons. The highest BCUT2D eigenvalue weighted by atomic mass is 16.4. The van der Waals surface area contributed by atoms with Crippen LogP contribution in [0.1, 0.15) is 20.3 Å². The van der Waals surface area contributed by atoms with E-state index in [1.54, 1.807) is 0 Å². The first-order valence-corrected chi connectivity index (χ1v) is 3.76. The third-order valence-electron chi connectivity index (χ3n) is 1.29. The van der Waals surface area contributed by atoms with Crippen molar-refractivity contribution < 1.29 is 9.90 Å². The van der Waals surface area contributed by atoms with Crippen molar-refractivity contribution in [2.24, 2.45) is 5.73 Å². The van der Waals surface area contributed by atoms with E-state index in [1.165, 1.54) is 0 Å². The SMILES string of the molecule is CC(C)N[C@@H](CCN)C(=O)O. The minimum Gasteiger partial charge on any atom is -0.480 e. The van der Waals surface area contributed by atoms with Gasteiger partial charge in [0.2, 0.25) is 0 Å². The number of rotatable bonds is 5. The van der Waals surface area contributed by atoms with E-state index in [1.807, 2.05) is 13.8 Å². The topological polar surface area (TPSA) is 75.3 Å². The fourth-order valence-corrected chi connectivity index (χ4v) is 0.847. The predicted molar refractivity (Wildman–Crippen MR) is 43.4 cm³/mol. The molecule has 0 saturated carbocycles. The van der Waals surface area contributed by atoms with Gasteiger partial charge in [0.25, 0.3) is 0 Å². The van der Waals surface area contributed by atoms with Crippen LogP contribution in [0.4, 0.5) is 0 Å². The van der Waals surface area contributed by atoms with E-state index in [4.69, 9.17) is 10.8 Å². The summed E-state index contributed by atoms with van der Waals surface area (Å²) in [5.41, 5.74) is 5.24. The van der Waals surface area contributed by atoms with Crippen LogP contribution in [0.2, 0.25) is 0 Å². The molecular formula is C7H16N2O2. The highest BCUT2D eigenvalue weighted by Crippen LogP contribution is 1.92. The Morgan fingerprint density at radius 2 is 2.18 bits per heavy atom. The molecule has 0 fully saturated rings. The van der Waals surface area contributed by atoms with E-state index in [0.717, 1.165) is 0 Å². The average Bonchev–Trinajstić information content (AvgIpc) is 1.86. The van der Waals surface area contributed by atoms with E-state index in [2.05, 4.69) is 5.32 Å². The van der Waals surface area contributed by atoms with Gasteiger partial charge in [-0.25, -0.2) is 0 Å². The summed E-state index contributed by atoms with van der Waals surface area (Å²) in [6, 6.07) is -0.317. The maximum absolute atomic E-state index is 10.5. The quantitative estimate of drug-likeness (QED) is 0.520. The van der Waals surface area contributed by atoms with Crippen LogP contribution < -0.4 is 11.1 Å². The van der Waals surface area contributed by atoms with Gasteiger partial charge in [0.05, 0.1) is 0 Å². The summed E-state index contributed by atoms with van der Waals surface area (Å²) >= 11 is 0. The lowest BCUT2D eigenvalue weighted by molar-refractivity contribution is -0.139. The fraction of sp³-hybridized carbons (Fsp3) is 0.857. The lowest BCUT2D eigenvalue weighted by Gasteiger charge is -2.15. The summed E-state index contributed by atoms with van der Waals surface area (Å²) in [5.74, 6) is -0.829. The lowest BCUT2D eigenvalue weighted by atomic mass is 10.2. The van der Waals surface area contributed by atoms with Crippen molar-refractivity contribution in [1.82, 2.24) is 5.32 Å². The molecule has 0 unspecified atom stereocenters. The summed E-state index contributed by atoms with van der Waals surface area (Å²) < 4.78 is 0. The molecule has 0 aliphatic carbocycles. The van der Waals surface area contributed by atoms with Gasteiger partial charge < -0.3 is 16.2 Å². The fourth-order valence-electron chi connectivity index (χ4n) is 0.847. The Kier molecular flexibility index (Phi) is 4.81. The number of carboxylic acids is 1. The Bertz CT molecular complexity index is 126. The Labute approximate surface area is 66.8 Å². The van der Waals surface area contributed by atoms with Gasteiger partial charge in [0, 0.05) is 6.04 Å². The Hall–Kier alpha value is -0.610. The number of hydrogen-bond acceptors (Lipinski definition) is 3.